The Kier molecular flexibility index (Phi) is 10.4. The summed E-state index contributed by atoms with van der Waals surface area (Å²) in [6, 6.07) is 5.40. The summed E-state index contributed by atoms with van der Waals surface area (Å²) < 4.78 is 11.1. The van der Waals surface area contributed by atoms with Gasteiger partial charge in [-0.3, -0.25) is 4.79 Å². The molecule has 5 nitrogen and oxygen atoms in total. The lowest BCUT2D eigenvalue weighted by molar-refractivity contribution is -0.123. The molecule has 0 aliphatic rings. The van der Waals surface area contributed by atoms with Crippen molar-refractivity contribution in [3.8, 4) is 11.5 Å². The summed E-state index contributed by atoms with van der Waals surface area (Å²) in [4.78, 5) is 11.8. The number of hydrogen-bond acceptors (Lipinski definition) is 4. The molecular formula is C17H29ClN2O3. The smallest absolute Gasteiger partial charge is 0.237 e. The summed E-state index contributed by atoms with van der Waals surface area (Å²) in [6.45, 7) is 9.49. The van der Waals surface area contributed by atoms with Crippen LogP contribution in [0.1, 0.15) is 33.3 Å². The van der Waals surface area contributed by atoms with Crippen LogP contribution in [-0.4, -0.2) is 31.7 Å². The molecule has 0 aliphatic heterocycles. The summed E-state index contributed by atoms with van der Waals surface area (Å²) in [5.74, 6) is 1.52. The van der Waals surface area contributed by atoms with Gasteiger partial charge in [-0.05, 0) is 43.9 Å². The molecule has 0 saturated heterocycles. The number of rotatable bonds is 9. The number of benzene rings is 1. The largest absolute Gasteiger partial charge is 0.490 e. The number of halogens is 1. The lowest BCUT2D eigenvalue weighted by Gasteiger charge is -2.16. The highest BCUT2D eigenvalue weighted by Crippen LogP contribution is 2.28. The molecular weight excluding hydrogens is 316 g/mol. The number of ether oxygens (including phenoxy) is 2. The molecule has 0 fully saturated rings. The van der Waals surface area contributed by atoms with E-state index in [-0.39, 0.29) is 24.2 Å². The summed E-state index contributed by atoms with van der Waals surface area (Å²) in [5, 5.41) is 2.87. The van der Waals surface area contributed by atoms with Gasteiger partial charge in [0.05, 0.1) is 19.3 Å². The average molecular weight is 345 g/mol. The molecule has 6 heteroatoms. The average Bonchev–Trinajstić information content (AvgIpc) is 2.49. The molecule has 1 aromatic rings. The molecule has 0 aliphatic carbocycles. The van der Waals surface area contributed by atoms with Gasteiger partial charge in [-0.1, -0.05) is 19.9 Å². The summed E-state index contributed by atoms with van der Waals surface area (Å²) >= 11 is 0. The first-order chi connectivity index (χ1) is 10.5. The van der Waals surface area contributed by atoms with Crippen molar-refractivity contribution in [1.29, 1.82) is 0 Å². The zero-order valence-corrected chi connectivity index (χ0v) is 15.2. The van der Waals surface area contributed by atoms with Crippen LogP contribution in [0.2, 0.25) is 0 Å². The van der Waals surface area contributed by atoms with Gasteiger partial charge < -0.3 is 20.5 Å². The Bertz CT molecular complexity index is 481. The van der Waals surface area contributed by atoms with E-state index in [0.29, 0.717) is 19.8 Å². The van der Waals surface area contributed by atoms with Gasteiger partial charge in [-0.25, -0.2) is 0 Å². The highest BCUT2D eigenvalue weighted by atomic mass is 35.5. The van der Waals surface area contributed by atoms with Crippen molar-refractivity contribution >= 4 is 18.3 Å². The van der Waals surface area contributed by atoms with Crippen LogP contribution in [0, 0.1) is 5.92 Å². The van der Waals surface area contributed by atoms with Crippen molar-refractivity contribution in [2.45, 2.75) is 40.2 Å². The Balaban J connectivity index is 0.00000484. The highest BCUT2D eigenvalue weighted by Gasteiger charge is 2.16. The first kappa shape index (κ1) is 21.5. The second kappa shape index (κ2) is 11.1. The molecule has 0 unspecified atom stereocenters. The minimum absolute atomic E-state index is 0. The Morgan fingerprint density at radius 3 is 2.35 bits per heavy atom. The van der Waals surface area contributed by atoms with Crippen LogP contribution in [0.5, 0.6) is 11.5 Å². The van der Waals surface area contributed by atoms with Crippen LogP contribution in [-0.2, 0) is 11.2 Å². The standard InChI is InChI=1S/C17H28N2O3.ClH/c1-5-21-14-8-7-13(11-15(14)22-6-2)9-10-19-17(20)16(18)12(3)4;/h7-8,11-12,16H,5-6,9-10,18H2,1-4H3,(H,19,20);1H/t16-;/m1./s1. The van der Waals surface area contributed by atoms with Gasteiger partial charge in [0.25, 0.3) is 0 Å². The Morgan fingerprint density at radius 1 is 1.17 bits per heavy atom. The zero-order valence-electron chi connectivity index (χ0n) is 14.4. The third kappa shape index (κ3) is 7.10. The van der Waals surface area contributed by atoms with Gasteiger partial charge in [-0.15, -0.1) is 12.4 Å². The van der Waals surface area contributed by atoms with E-state index in [1.807, 2.05) is 45.9 Å². The fourth-order valence-corrected chi connectivity index (χ4v) is 2.00. The van der Waals surface area contributed by atoms with E-state index >= 15 is 0 Å². The quantitative estimate of drug-likeness (QED) is 0.722. The number of amides is 1. The molecule has 0 heterocycles. The normalized spacial score (nSPS) is 11.6. The van der Waals surface area contributed by atoms with E-state index in [9.17, 15) is 4.79 Å². The van der Waals surface area contributed by atoms with E-state index in [4.69, 9.17) is 15.2 Å². The SMILES string of the molecule is CCOc1ccc(CCNC(=O)[C@H](N)C(C)C)cc1OCC.Cl. The Morgan fingerprint density at radius 2 is 1.78 bits per heavy atom. The van der Waals surface area contributed by atoms with E-state index in [1.54, 1.807) is 0 Å². The van der Waals surface area contributed by atoms with E-state index in [0.717, 1.165) is 23.5 Å². The molecule has 0 bridgehead atoms. The molecule has 3 N–H and O–H groups in total. The lowest BCUT2D eigenvalue weighted by Crippen LogP contribution is -2.44. The first-order valence-corrected chi connectivity index (χ1v) is 7.91. The molecule has 0 saturated carbocycles. The lowest BCUT2D eigenvalue weighted by atomic mass is 10.0. The van der Waals surface area contributed by atoms with Crippen LogP contribution >= 0.6 is 12.4 Å². The van der Waals surface area contributed by atoms with Crippen molar-refractivity contribution in [3.63, 3.8) is 0 Å². The minimum Gasteiger partial charge on any atom is -0.490 e. The van der Waals surface area contributed by atoms with Crippen LogP contribution in [0.3, 0.4) is 0 Å². The number of hydrogen-bond donors (Lipinski definition) is 2. The molecule has 0 spiro atoms. The van der Waals surface area contributed by atoms with Gasteiger partial charge in [0.15, 0.2) is 11.5 Å². The summed E-state index contributed by atoms with van der Waals surface area (Å²) in [6.07, 6.45) is 0.725. The number of nitrogens with one attached hydrogen (secondary N) is 1. The van der Waals surface area contributed by atoms with Gasteiger partial charge in [-0.2, -0.15) is 0 Å². The van der Waals surface area contributed by atoms with E-state index in [1.165, 1.54) is 0 Å². The first-order valence-electron chi connectivity index (χ1n) is 7.91. The van der Waals surface area contributed by atoms with Crippen LogP contribution in [0.15, 0.2) is 18.2 Å². The van der Waals surface area contributed by atoms with Crippen LogP contribution in [0.25, 0.3) is 0 Å². The van der Waals surface area contributed by atoms with Crippen molar-refractivity contribution in [2.75, 3.05) is 19.8 Å². The van der Waals surface area contributed by atoms with Crippen molar-refractivity contribution < 1.29 is 14.3 Å². The second-order valence-electron chi connectivity index (χ2n) is 5.46. The predicted molar refractivity (Wildman–Crippen MR) is 95.6 cm³/mol. The maximum Gasteiger partial charge on any atom is 0.237 e. The topological polar surface area (TPSA) is 73.6 Å². The summed E-state index contributed by atoms with van der Waals surface area (Å²) in [7, 11) is 0. The van der Waals surface area contributed by atoms with Gasteiger partial charge in [0.2, 0.25) is 5.91 Å². The zero-order chi connectivity index (χ0) is 16.5. The maximum atomic E-state index is 11.8. The third-order valence-corrected chi connectivity index (χ3v) is 3.34. The fraction of sp³-hybridized carbons (Fsp3) is 0.588. The van der Waals surface area contributed by atoms with Crippen LogP contribution in [0.4, 0.5) is 0 Å². The molecule has 1 aromatic carbocycles. The van der Waals surface area contributed by atoms with Crippen LogP contribution < -0.4 is 20.5 Å². The Hall–Kier alpha value is -1.46. The molecule has 1 amide bonds. The number of carbonyl (C=O) groups is 1. The van der Waals surface area contributed by atoms with Gasteiger partial charge in [0.1, 0.15) is 0 Å². The van der Waals surface area contributed by atoms with E-state index < -0.39 is 6.04 Å². The predicted octanol–water partition coefficient (Wildman–Crippen LogP) is 2.55. The van der Waals surface area contributed by atoms with Crippen molar-refractivity contribution in [3.05, 3.63) is 23.8 Å². The monoisotopic (exact) mass is 344 g/mol. The Labute approximate surface area is 145 Å². The van der Waals surface area contributed by atoms with Crippen molar-refractivity contribution in [1.82, 2.24) is 5.32 Å². The molecule has 23 heavy (non-hydrogen) atoms. The molecule has 1 atom stereocenters. The number of carbonyl (C=O) groups excluding carboxylic acids is 1. The van der Waals surface area contributed by atoms with Gasteiger partial charge in [0, 0.05) is 6.54 Å². The molecule has 132 valence electrons. The minimum atomic E-state index is -0.459. The second-order valence-corrected chi connectivity index (χ2v) is 5.46. The van der Waals surface area contributed by atoms with Gasteiger partial charge >= 0.3 is 0 Å². The van der Waals surface area contributed by atoms with E-state index in [2.05, 4.69) is 5.32 Å². The highest BCUT2D eigenvalue weighted by molar-refractivity contribution is 5.85. The fourth-order valence-electron chi connectivity index (χ4n) is 2.00. The third-order valence-electron chi connectivity index (χ3n) is 3.34. The maximum absolute atomic E-state index is 11.8. The molecule has 0 aromatic heterocycles. The van der Waals surface area contributed by atoms with Crippen molar-refractivity contribution in [2.24, 2.45) is 11.7 Å². The molecule has 1 rings (SSSR count). The number of nitrogens with two attached hydrogens (primary N) is 1. The molecule has 0 radical (unpaired) electrons. The summed E-state index contributed by atoms with van der Waals surface area (Å²) in [5.41, 5.74) is 6.90.